The molecule has 3 saturated heterocycles. The molecule has 0 radical (unpaired) electrons. The number of pyridine rings is 3. The first kappa shape index (κ1) is 71.4. The van der Waals surface area contributed by atoms with Crippen LogP contribution in [0.4, 0.5) is 17.5 Å². The van der Waals surface area contributed by atoms with Crippen LogP contribution in [0.15, 0.2) is 201 Å². The average Bonchev–Trinajstić information content (AvgIpc) is 1.70. The first-order valence-corrected chi connectivity index (χ1v) is 35.9. The molecule has 0 N–H and O–H groups in total. The van der Waals surface area contributed by atoms with Gasteiger partial charge in [0.15, 0.2) is 29.1 Å². The summed E-state index contributed by atoms with van der Waals surface area (Å²) in [5.41, 5.74) is 4.47. The molecule has 4 fully saturated rings. The average molecular weight is 1410 g/mol. The number of carbonyl (C=O) groups excluding carboxylic acids is 3. The number of benzene rings is 5. The molecular formula is C80H88N18O7. The van der Waals surface area contributed by atoms with Crippen LogP contribution in [0.5, 0.6) is 23.0 Å². The quantitative estimate of drug-likeness (QED) is 0.0689. The highest BCUT2D eigenvalue weighted by Crippen LogP contribution is 2.34. The number of carbonyl (C=O) groups is 3. The van der Waals surface area contributed by atoms with Gasteiger partial charge in [0.05, 0.1) is 27.9 Å². The Morgan fingerprint density at radius 3 is 1.24 bits per heavy atom. The normalized spacial score (nSPS) is 14.7. The Morgan fingerprint density at radius 1 is 0.371 bits per heavy atom. The van der Waals surface area contributed by atoms with E-state index in [9.17, 15) is 14.4 Å². The summed E-state index contributed by atoms with van der Waals surface area (Å²) in [6.07, 6.45) is 11.2. The molecule has 5 aromatic carbocycles. The van der Waals surface area contributed by atoms with E-state index in [0.29, 0.717) is 94.0 Å². The summed E-state index contributed by atoms with van der Waals surface area (Å²) < 4.78 is 26.8. The van der Waals surface area contributed by atoms with Gasteiger partial charge in [-0.25, -0.2) is 43.9 Å². The minimum Gasteiger partial charge on any atom is -0.497 e. The van der Waals surface area contributed by atoms with E-state index in [0.717, 1.165) is 113 Å². The molecule has 4 aliphatic rings. The fourth-order valence-electron chi connectivity index (χ4n) is 13.4. The van der Waals surface area contributed by atoms with Crippen molar-refractivity contribution in [1.82, 2.24) is 73.9 Å². The van der Waals surface area contributed by atoms with E-state index in [1.807, 2.05) is 214 Å². The molecule has 1 saturated carbocycles. The van der Waals surface area contributed by atoms with Gasteiger partial charge in [-0.1, -0.05) is 104 Å². The number of ether oxygens (including phenoxy) is 4. The predicted molar refractivity (Wildman–Crippen MR) is 403 cm³/mol. The zero-order chi connectivity index (χ0) is 72.3. The summed E-state index contributed by atoms with van der Waals surface area (Å²) in [5, 5.41) is 14.2. The fourth-order valence-corrected chi connectivity index (χ4v) is 13.4. The van der Waals surface area contributed by atoms with Crippen LogP contribution in [0, 0.1) is 0 Å². The standard InChI is InChI=1S/C28H30N6O3.C26H32N6O2.C26H26N6O2/c1-3-37-24-13-14-29-25(19-24)32-15-17-33(18-16-32)26(35)20-34-28(22-7-5-4-6-8-22)30-27(31-34)21-9-11-23(36-2)12-10-21;1-34-22-11-7-10-21(18-22)25-28-26(20-8-3-2-4-9-20)32(29-25)19-24(33)31-16-14-30(15-17-31)23-12-5-6-13-27-23;1-34-22-12-10-20(11-13-22)25-28-26(21-7-3-2-4-8-21)32(29-25)19-24(33)31-17-15-30(16-18-31)23-9-5-6-14-27-23/h4-14,19H,3,15-18,20H2,1-2H3;5-7,10-13,18,20H,2-4,8-9,14-17,19H2,1H3;2-14H,15-19H2,1H3. The summed E-state index contributed by atoms with van der Waals surface area (Å²) in [5.74, 6) is 10.5. The first-order chi connectivity index (χ1) is 51.6. The van der Waals surface area contributed by atoms with Crippen LogP contribution in [-0.4, -0.2) is 198 Å². The lowest BCUT2D eigenvalue weighted by Gasteiger charge is -2.35. The maximum Gasteiger partial charge on any atom is 0.244 e. The molecule has 15 rings (SSSR count). The van der Waals surface area contributed by atoms with Crippen LogP contribution >= 0.6 is 0 Å². The Balaban J connectivity index is 0.000000140. The van der Waals surface area contributed by atoms with Gasteiger partial charge in [0.1, 0.15) is 65.9 Å². The monoisotopic (exact) mass is 1410 g/mol. The van der Waals surface area contributed by atoms with E-state index in [4.69, 9.17) is 49.2 Å². The van der Waals surface area contributed by atoms with Crippen LogP contribution in [0.1, 0.15) is 50.8 Å². The second kappa shape index (κ2) is 34.8. The van der Waals surface area contributed by atoms with Crippen molar-refractivity contribution in [2.75, 3.05) is 121 Å². The Bertz CT molecular complexity index is 4590. The summed E-state index contributed by atoms with van der Waals surface area (Å²) >= 11 is 0. The van der Waals surface area contributed by atoms with E-state index in [2.05, 4.69) is 29.7 Å². The topological polar surface area (TPSA) is 238 Å². The van der Waals surface area contributed by atoms with Gasteiger partial charge in [0.2, 0.25) is 17.7 Å². The molecule has 540 valence electrons. The van der Waals surface area contributed by atoms with Crippen LogP contribution < -0.4 is 33.6 Å². The molecule has 11 aromatic rings. The molecule has 0 bridgehead atoms. The Kier molecular flexibility index (Phi) is 23.6. The smallest absolute Gasteiger partial charge is 0.244 e. The number of aromatic nitrogens is 12. The first-order valence-electron chi connectivity index (χ1n) is 35.9. The molecule has 0 unspecified atom stereocenters. The molecule has 9 heterocycles. The van der Waals surface area contributed by atoms with Crippen LogP contribution in [0.2, 0.25) is 0 Å². The van der Waals surface area contributed by atoms with Crippen molar-refractivity contribution in [3.63, 3.8) is 0 Å². The van der Waals surface area contributed by atoms with Crippen molar-refractivity contribution in [3.8, 4) is 79.9 Å². The molecule has 1 aliphatic carbocycles. The predicted octanol–water partition coefficient (Wildman–Crippen LogP) is 10.9. The number of piperazine rings is 3. The molecule has 3 amide bonds. The van der Waals surface area contributed by atoms with Gasteiger partial charge in [-0.2, -0.15) is 5.10 Å². The van der Waals surface area contributed by atoms with E-state index in [1.54, 1.807) is 43.1 Å². The van der Waals surface area contributed by atoms with Crippen molar-refractivity contribution in [2.45, 2.75) is 64.6 Å². The lowest BCUT2D eigenvalue weighted by atomic mass is 9.88. The van der Waals surface area contributed by atoms with Gasteiger partial charge in [-0.15, -0.1) is 10.2 Å². The third-order valence-electron chi connectivity index (χ3n) is 19.2. The zero-order valence-electron chi connectivity index (χ0n) is 59.9. The van der Waals surface area contributed by atoms with Gasteiger partial charge < -0.3 is 48.3 Å². The minimum atomic E-state index is 0.0130. The largest absolute Gasteiger partial charge is 0.497 e. The fraction of sp³-hybridized carbons (Fsp3) is 0.325. The van der Waals surface area contributed by atoms with Crippen LogP contribution in [-0.2, 0) is 34.0 Å². The second-order valence-corrected chi connectivity index (χ2v) is 25.8. The van der Waals surface area contributed by atoms with E-state index in [-0.39, 0.29) is 37.4 Å². The minimum absolute atomic E-state index is 0.0130. The number of methoxy groups -OCH3 is 3. The van der Waals surface area contributed by atoms with Crippen LogP contribution in [0.25, 0.3) is 56.9 Å². The molecule has 6 aromatic heterocycles. The second-order valence-electron chi connectivity index (χ2n) is 25.8. The lowest BCUT2D eigenvalue weighted by Crippen LogP contribution is -2.50. The molecule has 105 heavy (non-hydrogen) atoms. The van der Waals surface area contributed by atoms with Gasteiger partial charge in [-0.05, 0) is 111 Å². The highest BCUT2D eigenvalue weighted by atomic mass is 16.5. The van der Waals surface area contributed by atoms with Crippen molar-refractivity contribution in [3.05, 3.63) is 206 Å². The maximum absolute atomic E-state index is 13.3. The number of amides is 3. The Labute approximate surface area is 611 Å². The Hall–Kier alpha value is -12.0. The number of hydrogen-bond acceptors (Lipinski definition) is 19. The molecule has 0 atom stereocenters. The number of anilines is 3. The highest BCUT2D eigenvalue weighted by molar-refractivity contribution is 5.79. The molecular weight excluding hydrogens is 1320 g/mol. The van der Waals surface area contributed by atoms with E-state index in [1.165, 1.54) is 19.3 Å². The SMILES string of the molecule is CCOc1ccnc(N2CCN(C(=O)Cn3nc(-c4ccc(OC)cc4)nc3-c3ccccc3)CC2)c1.COc1ccc(-c2nc(-c3ccccc3)n(CC(=O)N3CCN(c4ccccn4)CC3)n2)cc1.COc1cccc(-c2nc(C3CCCCC3)n(CC(=O)N3CCN(c4ccccn4)CC3)n2)c1. The third kappa shape index (κ3) is 18.1. The van der Waals surface area contributed by atoms with Crippen LogP contribution in [0.3, 0.4) is 0 Å². The molecule has 0 spiro atoms. The molecule has 25 nitrogen and oxygen atoms in total. The molecule has 25 heteroatoms. The van der Waals surface area contributed by atoms with Crippen molar-refractivity contribution < 1.29 is 33.3 Å². The summed E-state index contributed by atoms with van der Waals surface area (Å²) in [6, 6.07) is 58.3. The maximum atomic E-state index is 13.3. The number of nitrogens with zero attached hydrogens (tertiary/aromatic N) is 18. The third-order valence-corrected chi connectivity index (χ3v) is 19.2. The van der Waals surface area contributed by atoms with Crippen molar-refractivity contribution in [2.24, 2.45) is 0 Å². The summed E-state index contributed by atoms with van der Waals surface area (Å²) in [7, 11) is 4.93. The molecule has 3 aliphatic heterocycles. The number of hydrogen-bond donors (Lipinski definition) is 0. The Morgan fingerprint density at radius 2 is 0.790 bits per heavy atom. The lowest BCUT2D eigenvalue weighted by molar-refractivity contribution is -0.133. The van der Waals surface area contributed by atoms with Gasteiger partial charge in [-0.3, -0.25) is 14.4 Å². The summed E-state index contributed by atoms with van der Waals surface area (Å²) in [6.45, 7) is 11.4. The highest BCUT2D eigenvalue weighted by Gasteiger charge is 2.30. The van der Waals surface area contributed by atoms with Gasteiger partial charge in [0.25, 0.3) is 0 Å². The van der Waals surface area contributed by atoms with Gasteiger partial charge in [0, 0.05) is 137 Å². The van der Waals surface area contributed by atoms with E-state index >= 15 is 0 Å². The van der Waals surface area contributed by atoms with E-state index < -0.39 is 0 Å². The number of rotatable bonds is 20. The summed E-state index contributed by atoms with van der Waals surface area (Å²) in [4.78, 5) is 80.0. The van der Waals surface area contributed by atoms with Crippen molar-refractivity contribution >= 4 is 35.2 Å². The van der Waals surface area contributed by atoms with Gasteiger partial charge >= 0.3 is 0 Å². The zero-order valence-corrected chi connectivity index (χ0v) is 59.9. The van der Waals surface area contributed by atoms with Crippen molar-refractivity contribution in [1.29, 1.82) is 0 Å².